The Morgan fingerprint density at radius 3 is 2.75 bits per heavy atom. The average Bonchev–Trinajstić information content (AvgIpc) is 3.14. The number of carbonyl (C=O) groups is 3. The zero-order valence-electron chi connectivity index (χ0n) is 15.4. The van der Waals surface area contributed by atoms with E-state index in [1.165, 1.54) is 11.6 Å². The first-order valence-electron chi connectivity index (χ1n) is 9.16. The first-order valence-corrected chi connectivity index (χ1v) is 9.16. The van der Waals surface area contributed by atoms with Crippen LogP contribution in [0.2, 0.25) is 0 Å². The van der Waals surface area contributed by atoms with Crippen molar-refractivity contribution in [2.45, 2.75) is 19.3 Å². The molecule has 0 saturated heterocycles. The molecule has 1 aliphatic heterocycles. The number of para-hydroxylation sites is 1. The molecule has 1 heterocycles. The zero-order chi connectivity index (χ0) is 19.9. The second kappa shape index (κ2) is 9.03. The van der Waals surface area contributed by atoms with Crippen LogP contribution in [0, 0.1) is 0 Å². The summed E-state index contributed by atoms with van der Waals surface area (Å²) in [5.41, 5.74) is 2.55. The Balaban J connectivity index is 1.44. The van der Waals surface area contributed by atoms with Gasteiger partial charge < -0.3 is 20.1 Å². The van der Waals surface area contributed by atoms with Crippen molar-refractivity contribution in [3.63, 3.8) is 0 Å². The van der Waals surface area contributed by atoms with Crippen LogP contribution in [0.5, 0.6) is 5.75 Å². The standard InChI is InChI=1S/C21H22N2O5/c24-19(23-12-10-15-5-1-2-8-18(15)23)9-4-11-22-21(27)16-6-3-7-17(13-16)28-14-20(25)26/h1-3,5-8,13H,4,9-12,14H2,(H,22,27)(H,25,26). The number of aliphatic carboxylic acids is 1. The van der Waals surface area contributed by atoms with E-state index in [1.807, 2.05) is 24.3 Å². The van der Waals surface area contributed by atoms with Crippen LogP contribution in [0.3, 0.4) is 0 Å². The Kier molecular flexibility index (Phi) is 6.26. The van der Waals surface area contributed by atoms with Crippen LogP contribution < -0.4 is 15.0 Å². The normalized spacial score (nSPS) is 12.4. The van der Waals surface area contributed by atoms with E-state index in [9.17, 15) is 14.4 Å². The number of nitrogens with one attached hydrogen (secondary N) is 1. The predicted molar refractivity (Wildman–Crippen MR) is 104 cm³/mol. The highest BCUT2D eigenvalue weighted by Crippen LogP contribution is 2.28. The lowest BCUT2D eigenvalue weighted by molar-refractivity contribution is -0.139. The van der Waals surface area contributed by atoms with E-state index in [0.29, 0.717) is 37.2 Å². The molecule has 2 aromatic rings. The lowest BCUT2D eigenvalue weighted by Crippen LogP contribution is -2.30. The van der Waals surface area contributed by atoms with E-state index in [0.717, 1.165) is 12.1 Å². The highest BCUT2D eigenvalue weighted by atomic mass is 16.5. The number of hydrogen-bond donors (Lipinski definition) is 2. The maximum absolute atomic E-state index is 12.4. The van der Waals surface area contributed by atoms with Gasteiger partial charge in [0.05, 0.1) is 0 Å². The third-order valence-corrected chi connectivity index (χ3v) is 4.50. The van der Waals surface area contributed by atoms with Crippen molar-refractivity contribution < 1.29 is 24.2 Å². The van der Waals surface area contributed by atoms with E-state index in [2.05, 4.69) is 5.32 Å². The maximum atomic E-state index is 12.4. The Morgan fingerprint density at radius 1 is 1.11 bits per heavy atom. The highest BCUT2D eigenvalue weighted by molar-refractivity contribution is 5.96. The highest BCUT2D eigenvalue weighted by Gasteiger charge is 2.23. The number of benzene rings is 2. The van der Waals surface area contributed by atoms with Gasteiger partial charge in [0.1, 0.15) is 5.75 Å². The number of amides is 2. The van der Waals surface area contributed by atoms with Crippen LogP contribution in [-0.2, 0) is 16.0 Å². The van der Waals surface area contributed by atoms with Gasteiger partial charge in [-0.3, -0.25) is 9.59 Å². The van der Waals surface area contributed by atoms with Gasteiger partial charge in [-0.2, -0.15) is 0 Å². The van der Waals surface area contributed by atoms with Crippen molar-refractivity contribution in [2.75, 3.05) is 24.6 Å². The number of rotatable bonds is 8. The van der Waals surface area contributed by atoms with Crippen LogP contribution in [0.1, 0.15) is 28.8 Å². The van der Waals surface area contributed by atoms with Gasteiger partial charge in [-0.25, -0.2) is 4.79 Å². The molecule has 146 valence electrons. The van der Waals surface area contributed by atoms with E-state index in [1.54, 1.807) is 23.1 Å². The lowest BCUT2D eigenvalue weighted by Gasteiger charge is -2.17. The van der Waals surface area contributed by atoms with Crippen molar-refractivity contribution in [3.8, 4) is 5.75 Å². The summed E-state index contributed by atoms with van der Waals surface area (Å²) in [4.78, 5) is 37.0. The summed E-state index contributed by atoms with van der Waals surface area (Å²) in [5.74, 6) is -0.999. The number of carboxylic acids is 1. The van der Waals surface area contributed by atoms with Crippen LogP contribution in [0.4, 0.5) is 5.69 Å². The second-order valence-corrected chi connectivity index (χ2v) is 6.49. The number of fused-ring (bicyclic) bond motifs is 1. The fourth-order valence-electron chi connectivity index (χ4n) is 3.15. The van der Waals surface area contributed by atoms with Gasteiger partial charge in [0, 0.05) is 30.8 Å². The summed E-state index contributed by atoms with van der Waals surface area (Å²) in [5, 5.41) is 11.4. The maximum Gasteiger partial charge on any atom is 0.341 e. The SMILES string of the molecule is O=C(O)COc1cccc(C(=O)NCCCC(=O)N2CCc3ccccc32)c1. The summed E-state index contributed by atoms with van der Waals surface area (Å²) >= 11 is 0. The third kappa shape index (κ3) is 4.88. The summed E-state index contributed by atoms with van der Waals surface area (Å²) in [6, 6.07) is 14.2. The Hall–Kier alpha value is -3.35. The van der Waals surface area contributed by atoms with E-state index >= 15 is 0 Å². The summed E-state index contributed by atoms with van der Waals surface area (Å²) < 4.78 is 5.07. The van der Waals surface area contributed by atoms with Gasteiger partial charge in [0.15, 0.2) is 6.61 Å². The molecule has 7 nitrogen and oxygen atoms in total. The fourth-order valence-corrected chi connectivity index (χ4v) is 3.15. The first kappa shape index (κ1) is 19.4. The molecule has 2 N–H and O–H groups in total. The number of nitrogens with zero attached hydrogens (tertiary/aromatic N) is 1. The molecule has 0 spiro atoms. The van der Waals surface area contributed by atoms with Gasteiger partial charge in [0.2, 0.25) is 5.91 Å². The number of carboxylic acid groups (broad SMARTS) is 1. The first-order chi connectivity index (χ1) is 13.5. The molecular weight excluding hydrogens is 360 g/mol. The molecule has 0 radical (unpaired) electrons. The molecule has 3 rings (SSSR count). The minimum absolute atomic E-state index is 0.0586. The third-order valence-electron chi connectivity index (χ3n) is 4.50. The molecular formula is C21H22N2O5. The predicted octanol–water partition coefficient (Wildman–Crippen LogP) is 2.25. The summed E-state index contributed by atoms with van der Waals surface area (Å²) in [7, 11) is 0. The Bertz CT molecular complexity index is 881. The van der Waals surface area contributed by atoms with Crippen molar-refractivity contribution in [1.82, 2.24) is 5.32 Å². The minimum Gasteiger partial charge on any atom is -0.482 e. The smallest absolute Gasteiger partial charge is 0.341 e. The van der Waals surface area contributed by atoms with Gasteiger partial charge in [-0.05, 0) is 42.7 Å². The fraction of sp³-hybridized carbons (Fsp3) is 0.286. The molecule has 2 aromatic carbocycles. The number of ether oxygens (including phenoxy) is 1. The van der Waals surface area contributed by atoms with Crippen LogP contribution in [-0.4, -0.2) is 42.6 Å². The molecule has 2 amide bonds. The molecule has 28 heavy (non-hydrogen) atoms. The van der Waals surface area contributed by atoms with Crippen LogP contribution in [0.15, 0.2) is 48.5 Å². The molecule has 7 heteroatoms. The van der Waals surface area contributed by atoms with Crippen molar-refractivity contribution in [1.29, 1.82) is 0 Å². The second-order valence-electron chi connectivity index (χ2n) is 6.49. The van der Waals surface area contributed by atoms with Crippen LogP contribution in [0.25, 0.3) is 0 Å². The zero-order valence-corrected chi connectivity index (χ0v) is 15.4. The molecule has 0 atom stereocenters. The van der Waals surface area contributed by atoms with Crippen molar-refractivity contribution in [2.24, 2.45) is 0 Å². The topological polar surface area (TPSA) is 95.9 Å². The minimum atomic E-state index is -1.08. The molecule has 0 bridgehead atoms. The molecule has 0 fully saturated rings. The van der Waals surface area contributed by atoms with E-state index in [4.69, 9.17) is 9.84 Å². The summed E-state index contributed by atoms with van der Waals surface area (Å²) in [6.07, 6.45) is 1.77. The van der Waals surface area contributed by atoms with E-state index in [-0.39, 0.29) is 11.8 Å². The van der Waals surface area contributed by atoms with Crippen molar-refractivity contribution >= 4 is 23.5 Å². The number of anilines is 1. The molecule has 0 aliphatic carbocycles. The average molecular weight is 382 g/mol. The molecule has 0 aromatic heterocycles. The quantitative estimate of drug-likeness (QED) is 0.683. The Labute approximate surface area is 162 Å². The largest absolute Gasteiger partial charge is 0.482 e. The van der Waals surface area contributed by atoms with Gasteiger partial charge in [0.25, 0.3) is 5.91 Å². The molecule has 1 aliphatic rings. The monoisotopic (exact) mass is 382 g/mol. The van der Waals surface area contributed by atoms with Gasteiger partial charge >= 0.3 is 5.97 Å². The molecule has 0 saturated carbocycles. The number of carbonyl (C=O) groups excluding carboxylic acids is 2. The Morgan fingerprint density at radius 2 is 1.93 bits per heavy atom. The number of hydrogen-bond acceptors (Lipinski definition) is 4. The van der Waals surface area contributed by atoms with Crippen molar-refractivity contribution in [3.05, 3.63) is 59.7 Å². The summed E-state index contributed by atoms with van der Waals surface area (Å²) in [6.45, 7) is 0.612. The molecule has 0 unspecified atom stereocenters. The van der Waals surface area contributed by atoms with E-state index < -0.39 is 12.6 Å². The van der Waals surface area contributed by atoms with Gasteiger partial charge in [-0.1, -0.05) is 24.3 Å². The lowest BCUT2D eigenvalue weighted by atomic mass is 10.2. The van der Waals surface area contributed by atoms with Crippen LogP contribution >= 0.6 is 0 Å². The van der Waals surface area contributed by atoms with Gasteiger partial charge in [-0.15, -0.1) is 0 Å².